The van der Waals surface area contributed by atoms with Crippen molar-refractivity contribution >= 4 is 34.8 Å². The van der Waals surface area contributed by atoms with E-state index in [2.05, 4.69) is 26.1 Å². The Kier molecular flexibility index (Phi) is 6.36. The van der Waals surface area contributed by atoms with Crippen LogP contribution in [0.4, 0.5) is 5.69 Å². The number of hydrogen-bond donors (Lipinski definition) is 1. The second-order valence-corrected chi connectivity index (χ2v) is 7.81. The maximum absolute atomic E-state index is 12.5. The third-order valence-electron chi connectivity index (χ3n) is 3.79. The zero-order chi connectivity index (χ0) is 18.6. The van der Waals surface area contributed by atoms with Crippen molar-refractivity contribution in [1.82, 2.24) is 0 Å². The topological polar surface area (TPSA) is 38.3 Å². The summed E-state index contributed by atoms with van der Waals surface area (Å²) in [6.07, 6.45) is -0.0560. The van der Waals surface area contributed by atoms with Crippen LogP contribution in [0.3, 0.4) is 0 Å². The normalized spacial score (nSPS) is 12.6. The van der Waals surface area contributed by atoms with E-state index in [1.807, 2.05) is 31.2 Å². The van der Waals surface area contributed by atoms with E-state index >= 15 is 0 Å². The number of ether oxygens (including phenoxy) is 1. The lowest BCUT2D eigenvalue weighted by molar-refractivity contribution is -0.122. The highest BCUT2D eigenvalue weighted by Crippen LogP contribution is 2.26. The van der Waals surface area contributed by atoms with Crippen LogP contribution in [0.25, 0.3) is 0 Å². The van der Waals surface area contributed by atoms with Gasteiger partial charge in [0.15, 0.2) is 6.10 Å². The minimum atomic E-state index is -0.599. The molecule has 0 radical (unpaired) electrons. The monoisotopic (exact) mass is 379 g/mol. The molecule has 0 saturated heterocycles. The molecule has 2 aromatic carbocycles. The molecule has 0 fully saturated rings. The molecule has 3 nitrogen and oxygen atoms in total. The van der Waals surface area contributed by atoms with Gasteiger partial charge in [-0.3, -0.25) is 4.79 Å². The van der Waals surface area contributed by atoms with E-state index in [-0.39, 0.29) is 11.3 Å². The second kappa shape index (κ2) is 8.11. The van der Waals surface area contributed by atoms with Crippen LogP contribution in [0.5, 0.6) is 5.75 Å². The highest BCUT2D eigenvalue weighted by atomic mass is 35.5. The van der Waals surface area contributed by atoms with Crippen LogP contribution >= 0.6 is 23.2 Å². The van der Waals surface area contributed by atoms with Crippen LogP contribution in [0.2, 0.25) is 10.0 Å². The van der Waals surface area contributed by atoms with Gasteiger partial charge in [0.05, 0.1) is 0 Å². The highest BCUT2D eigenvalue weighted by molar-refractivity contribution is 6.35. The molecular weight excluding hydrogens is 357 g/mol. The van der Waals surface area contributed by atoms with Crippen molar-refractivity contribution in [1.29, 1.82) is 0 Å². The Bertz CT molecular complexity index is 716. The summed E-state index contributed by atoms with van der Waals surface area (Å²) < 4.78 is 5.85. The molecule has 0 spiro atoms. The van der Waals surface area contributed by atoms with Crippen molar-refractivity contribution < 1.29 is 9.53 Å². The van der Waals surface area contributed by atoms with E-state index in [4.69, 9.17) is 27.9 Å². The summed E-state index contributed by atoms with van der Waals surface area (Å²) in [6.45, 7) is 8.36. The Morgan fingerprint density at radius 2 is 1.64 bits per heavy atom. The Hall–Kier alpha value is -1.71. The molecule has 134 valence electrons. The molecule has 0 aromatic heterocycles. The summed E-state index contributed by atoms with van der Waals surface area (Å²) in [7, 11) is 0. The van der Waals surface area contributed by atoms with Gasteiger partial charge in [-0.05, 0) is 47.7 Å². The van der Waals surface area contributed by atoms with Crippen molar-refractivity contribution in [3.05, 3.63) is 58.1 Å². The number of carbonyl (C=O) groups is 1. The zero-order valence-corrected chi connectivity index (χ0v) is 16.4. The summed E-state index contributed by atoms with van der Waals surface area (Å²) in [5.41, 5.74) is 1.84. The van der Waals surface area contributed by atoms with E-state index in [1.165, 1.54) is 5.56 Å². The number of benzene rings is 2. The summed E-state index contributed by atoms with van der Waals surface area (Å²) in [4.78, 5) is 12.5. The van der Waals surface area contributed by atoms with Crippen molar-refractivity contribution in [3.8, 4) is 5.75 Å². The molecule has 2 rings (SSSR count). The molecule has 25 heavy (non-hydrogen) atoms. The van der Waals surface area contributed by atoms with Gasteiger partial charge in [-0.25, -0.2) is 0 Å². The average molecular weight is 380 g/mol. The molecule has 1 unspecified atom stereocenters. The molecule has 0 aliphatic carbocycles. The molecule has 0 heterocycles. The number of rotatable bonds is 5. The molecule has 0 saturated carbocycles. The number of amides is 1. The first-order valence-corrected chi connectivity index (χ1v) is 8.99. The maximum atomic E-state index is 12.5. The summed E-state index contributed by atoms with van der Waals surface area (Å²) in [5.74, 6) is 0.430. The molecule has 0 aliphatic heterocycles. The average Bonchev–Trinajstić information content (AvgIpc) is 2.51. The zero-order valence-electron chi connectivity index (χ0n) is 14.9. The number of hydrogen-bond acceptors (Lipinski definition) is 2. The van der Waals surface area contributed by atoms with Gasteiger partial charge in [-0.2, -0.15) is 0 Å². The van der Waals surface area contributed by atoms with Crippen LogP contribution in [-0.2, 0) is 10.2 Å². The Labute approximate surface area is 159 Å². The van der Waals surface area contributed by atoms with Crippen LogP contribution in [-0.4, -0.2) is 12.0 Å². The molecule has 0 aliphatic rings. The van der Waals surface area contributed by atoms with Gasteiger partial charge in [0.1, 0.15) is 5.75 Å². The molecular formula is C20H23Cl2NO2. The number of halogens is 2. The Balaban J connectivity index is 2.07. The fourth-order valence-electron chi connectivity index (χ4n) is 2.37. The smallest absolute Gasteiger partial charge is 0.265 e. The lowest BCUT2D eigenvalue weighted by Crippen LogP contribution is -2.32. The van der Waals surface area contributed by atoms with E-state index in [1.54, 1.807) is 18.2 Å². The van der Waals surface area contributed by atoms with Gasteiger partial charge in [0, 0.05) is 15.7 Å². The van der Waals surface area contributed by atoms with Crippen molar-refractivity contribution in [2.45, 2.75) is 45.6 Å². The maximum Gasteiger partial charge on any atom is 0.265 e. The minimum absolute atomic E-state index is 0.0753. The predicted molar refractivity (Wildman–Crippen MR) is 105 cm³/mol. The lowest BCUT2D eigenvalue weighted by atomic mass is 9.87. The van der Waals surface area contributed by atoms with Gasteiger partial charge in [-0.1, -0.05) is 63.0 Å². The number of anilines is 1. The third-order valence-corrected chi connectivity index (χ3v) is 4.23. The van der Waals surface area contributed by atoms with Gasteiger partial charge >= 0.3 is 0 Å². The quantitative estimate of drug-likeness (QED) is 0.682. The predicted octanol–water partition coefficient (Wildman–Crippen LogP) is 6.09. The minimum Gasteiger partial charge on any atom is -0.481 e. The SMILES string of the molecule is CCC(Oc1ccc(C(C)(C)C)cc1)C(=O)Nc1cc(Cl)cc(Cl)c1. The Morgan fingerprint density at radius 3 is 2.12 bits per heavy atom. The van der Waals surface area contributed by atoms with Gasteiger partial charge in [0.25, 0.3) is 5.91 Å². The van der Waals surface area contributed by atoms with Crippen molar-refractivity contribution in [2.75, 3.05) is 5.32 Å². The molecule has 5 heteroatoms. The van der Waals surface area contributed by atoms with Crippen molar-refractivity contribution in [3.63, 3.8) is 0 Å². The van der Waals surface area contributed by atoms with E-state index < -0.39 is 6.10 Å². The number of carbonyl (C=O) groups excluding carboxylic acids is 1. The molecule has 1 N–H and O–H groups in total. The standard InChI is InChI=1S/C20H23Cl2NO2/c1-5-18(19(24)23-16-11-14(21)10-15(22)12-16)25-17-8-6-13(7-9-17)20(2,3)4/h6-12,18H,5H2,1-4H3,(H,23,24). The largest absolute Gasteiger partial charge is 0.481 e. The third kappa shape index (κ3) is 5.65. The molecule has 0 bridgehead atoms. The fraction of sp³-hybridized carbons (Fsp3) is 0.350. The van der Waals surface area contributed by atoms with E-state index in [9.17, 15) is 4.79 Å². The fourth-order valence-corrected chi connectivity index (χ4v) is 2.89. The van der Waals surface area contributed by atoms with Crippen LogP contribution in [0.15, 0.2) is 42.5 Å². The lowest BCUT2D eigenvalue weighted by Gasteiger charge is -2.21. The molecule has 2 aromatic rings. The van der Waals surface area contributed by atoms with Crippen LogP contribution < -0.4 is 10.1 Å². The van der Waals surface area contributed by atoms with Gasteiger partial charge in [-0.15, -0.1) is 0 Å². The summed E-state index contributed by atoms with van der Waals surface area (Å²) in [6, 6.07) is 12.8. The summed E-state index contributed by atoms with van der Waals surface area (Å²) >= 11 is 11.9. The summed E-state index contributed by atoms with van der Waals surface area (Å²) in [5, 5.41) is 3.73. The van der Waals surface area contributed by atoms with Gasteiger partial charge < -0.3 is 10.1 Å². The highest BCUT2D eigenvalue weighted by Gasteiger charge is 2.20. The molecule has 1 atom stereocenters. The first-order valence-electron chi connectivity index (χ1n) is 8.23. The Morgan fingerprint density at radius 1 is 1.08 bits per heavy atom. The van der Waals surface area contributed by atoms with Crippen LogP contribution in [0.1, 0.15) is 39.7 Å². The second-order valence-electron chi connectivity index (χ2n) is 6.94. The molecule has 1 amide bonds. The van der Waals surface area contributed by atoms with Gasteiger partial charge in [0.2, 0.25) is 0 Å². The van der Waals surface area contributed by atoms with E-state index in [0.717, 1.165) is 0 Å². The first kappa shape index (κ1) is 19.6. The van der Waals surface area contributed by atoms with Crippen molar-refractivity contribution in [2.24, 2.45) is 0 Å². The van der Waals surface area contributed by atoms with Crippen LogP contribution in [0, 0.1) is 0 Å². The first-order chi connectivity index (χ1) is 11.7. The number of nitrogens with one attached hydrogen (secondary N) is 1. The van der Waals surface area contributed by atoms with E-state index in [0.29, 0.717) is 27.9 Å².